The van der Waals surface area contributed by atoms with Crippen LogP contribution in [0.4, 0.5) is 36.8 Å². The molecule has 6 nitrogen and oxygen atoms in total. The fourth-order valence-corrected chi connectivity index (χ4v) is 4.03. The van der Waals surface area contributed by atoms with E-state index in [1.807, 2.05) is 0 Å². The van der Waals surface area contributed by atoms with E-state index in [9.17, 15) is 31.1 Å². The van der Waals surface area contributed by atoms with Crippen molar-refractivity contribution in [3.63, 3.8) is 0 Å². The second kappa shape index (κ2) is 10.3. The maximum absolute atomic E-state index is 14.2. The first-order chi connectivity index (χ1) is 16.4. The summed E-state index contributed by atoms with van der Waals surface area (Å²) in [6, 6.07) is 8.10. The number of benzene rings is 1. The molecule has 35 heavy (non-hydrogen) atoms. The largest absolute Gasteiger partial charge is 0.465 e. The number of ether oxygens (including phenoxy) is 1. The highest BCUT2D eigenvalue weighted by molar-refractivity contribution is 5.65. The number of anilines is 1. The fraction of sp³-hybridized carbons (Fsp3) is 0.478. The molecule has 0 atom stereocenters. The summed E-state index contributed by atoms with van der Waals surface area (Å²) in [6.45, 7) is 1.59. The van der Waals surface area contributed by atoms with Crippen LogP contribution in [0.2, 0.25) is 0 Å². The molecule has 1 aromatic carbocycles. The number of pyridine rings is 1. The van der Waals surface area contributed by atoms with Gasteiger partial charge in [-0.3, -0.25) is 4.98 Å². The van der Waals surface area contributed by atoms with Crippen LogP contribution in [0.25, 0.3) is 0 Å². The van der Waals surface area contributed by atoms with Gasteiger partial charge in [-0.15, -0.1) is 0 Å². The molecule has 0 spiro atoms. The van der Waals surface area contributed by atoms with Gasteiger partial charge in [0.05, 0.1) is 24.2 Å². The monoisotopic (exact) mass is 505 g/mol. The van der Waals surface area contributed by atoms with Gasteiger partial charge in [0.2, 0.25) is 0 Å². The number of carbonyl (C=O) groups is 1. The Bertz CT molecular complexity index is 992. The van der Waals surface area contributed by atoms with Gasteiger partial charge in [-0.25, -0.2) is 4.79 Å². The zero-order valence-corrected chi connectivity index (χ0v) is 18.9. The zero-order chi connectivity index (χ0) is 25.9. The predicted octanol–water partition coefficient (Wildman–Crippen LogP) is 5.37. The van der Waals surface area contributed by atoms with Crippen molar-refractivity contribution < 1.29 is 41.0 Å². The first-order valence-corrected chi connectivity index (χ1v) is 10.9. The standard InChI is InChI=1S/C23H25F6N3O3/c1-2-6-17-13-19(30-14-18(17)31-9-11-32(12-10-31)20(33)34)21(22(24,25)26,23(27,28)29)35-15-16-7-4-3-5-8-16/h3-5,7-8,13-14H,2,6,9-12,15H2,1H3,(H,33,34). The molecule has 0 unspecified atom stereocenters. The van der Waals surface area contributed by atoms with Crippen LogP contribution < -0.4 is 4.90 Å². The summed E-state index contributed by atoms with van der Waals surface area (Å²) in [6.07, 6.45) is -11.1. The molecule has 2 aromatic rings. The first-order valence-electron chi connectivity index (χ1n) is 10.9. The molecule has 1 amide bonds. The molecule has 1 aromatic heterocycles. The molecule has 1 aliphatic rings. The Labute approximate surface area is 198 Å². The zero-order valence-electron chi connectivity index (χ0n) is 18.9. The van der Waals surface area contributed by atoms with E-state index in [2.05, 4.69) is 4.98 Å². The van der Waals surface area contributed by atoms with E-state index in [0.717, 1.165) is 12.3 Å². The van der Waals surface area contributed by atoms with Gasteiger partial charge in [0.15, 0.2) is 0 Å². The van der Waals surface area contributed by atoms with Crippen molar-refractivity contribution in [2.45, 2.75) is 44.3 Å². The summed E-state index contributed by atoms with van der Waals surface area (Å²) in [5.74, 6) is 0. The molecule has 192 valence electrons. The Balaban J connectivity index is 2.04. The van der Waals surface area contributed by atoms with Crippen molar-refractivity contribution in [1.82, 2.24) is 9.88 Å². The van der Waals surface area contributed by atoms with Gasteiger partial charge in [-0.2, -0.15) is 26.3 Å². The maximum atomic E-state index is 14.2. The third kappa shape index (κ3) is 5.47. The molecule has 2 heterocycles. The lowest BCUT2D eigenvalue weighted by Crippen LogP contribution is -2.56. The fourth-order valence-electron chi connectivity index (χ4n) is 4.03. The molecule has 1 aliphatic heterocycles. The number of alkyl halides is 6. The molecule has 1 saturated heterocycles. The van der Waals surface area contributed by atoms with Gasteiger partial charge in [0.1, 0.15) is 0 Å². The number of hydrogen-bond acceptors (Lipinski definition) is 4. The van der Waals surface area contributed by atoms with Gasteiger partial charge in [-0.1, -0.05) is 43.7 Å². The van der Waals surface area contributed by atoms with E-state index >= 15 is 0 Å². The number of amides is 1. The van der Waals surface area contributed by atoms with E-state index < -0.39 is 36.3 Å². The number of piperazine rings is 1. The van der Waals surface area contributed by atoms with Crippen molar-refractivity contribution in [2.24, 2.45) is 0 Å². The summed E-state index contributed by atoms with van der Waals surface area (Å²) < 4.78 is 89.9. The summed E-state index contributed by atoms with van der Waals surface area (Å²) in [4.78, 5) is 17.7. The molecule has 0 radical (unpaired) electrons. The second-order valence-electron chi connectivity index (χ2n) is 8.16. The van der Waals surface area contributed by atoms with Crippen LogP contribution in [0, 0.1) is 0 Å². The summed E-state index contributed by atoms with van der Waals surface area (Å²) in [5, 5.41) is 9.11. The van der Waals surface area contributed by atoms with Crippen LogP contribution in [-0.2, 0) is 23.4 Å². The van der Waals surface area contributed by atoms with Crippen LogP contribution in [0.3, 0.4) is 0 Å². The van der Waals surface area contributed by atoms with Crippen molar-refractivity contribution in [1.29, 1.82) is 0 Å². The number of aryl methyl sites for hydroxylation is 1. The van der Waals surface area contributed by atoms with Gasteiger partial charge in [-0.05, 0) is 23.6 Å². The van der Waals surface area contributed by atoms with Gasteiger partial charge < -0.3 is 19.6 Å². The summed E-state index contributed by atoms with van der Waals surface area (Å²) >= 11 is 0. The second-order valence-corrected chi connectivity index (χ2v) is 8.16. The highest BCUT2D eigenvalue weighted by Gasteiger charge is 2.74. The maximum Gasteiger partial charge on any atom is 0.432 e. The van der Waals surface area contributed by atoms with Gasteiger partial charge in [0, 0.05) is 26.2 Å². The molecule has 0 saturated carbocycles. The van der Waals surface area contributed by atoms with E-state index in [4.69, 9.17) is 9.84 Å². The molecule has 12 heteroatoms. The SMILES string of the molecule is CCCc1cc(C(OCc2ccccc2)(C(F)(F)F)C(F)(F)F)ncc1N1CCN(C(=O)O)CC1. The number of carboxylic acid groups (broad SMARTS) is 1. The van der Waals surface area contributed by atoms with Crippen molar-refractivity contribution >= 4 is 11.8 Å². The molecule has 0 bridgehead atoms. The average Bonchev–Trinajstić information content (AvgIpc) is 2.79. The smallest absolute Gasteiger partial charge is 0.432 e. The van der Waals surface area contributed by atoms with Crippen LogP contribution in [0.1, 0.15) is 30.2 Å². The van der Waals surface area contributed by atoms with Gasteiger partial charge in [0.25, 0.3) is 0 Å². The molecular formula is C23H25F6N3O3. The van der Waals surface area contributed by atoms with Crippen LogP contribution >= 0.6 is 0 Å². The Kier molecular flexibility index (Phi) is 7.83. The van der Waals surface area contributed by atoms with Crippen molar-refractivity contribution in [3.8, 4) is 0 Å². The highest BCUT2D eigenvalue weighted by Crippen LogP contribution is 2.53. The Morgan fingerprint density at radius 2 is 1.63 bits per heavy atom. The molecule has 1 fully saturated rings. The Hall–Kier alpha value is -3.02. The molecule has 3 rings (SSSR count). The Morgan fingerprint density at radius 1 is 1.03 bits per heavy atom. The quantitative estimate of drug-likeness (QED) is 0.513. The number of nitrogens with zero attached hydrogens (tertiary/aromatic N) is 3. The van der Waals surface area contributed by atoms with Crippen molar-refractivity contribution in [3.05, 3.63) is 59.4 Å². The minimum absolute atomic E-state index is 0.145. The lowest BCUT2D eigenvalue weighted by molar-refractivity contribution is -0.394. The van der Waals surface area contributed by atoms with E-state index in [0.29, 0.717) is 12.1 Å². The molecule has 1 N–H and O–H groups in total. The third-order valence-corrected chi connectivity index (χ3v) is 5.83. The van der Waals surface area contributed by atoms with Crippen LogP contribution in [0.5, 0.6) is 0 Å². The Morgan fingerprint density at radius 3 is 2.14 bits per heavy atom. The van der Waals surface area contributed by atoms with E-state index in [-0.39, 0.29) is 43.7 Å². The van der Waals surface area contributed by atoms with Crippen molar-refractivity contribution in [2.75, 3.05) is 31.1 Å². The summed E-state index contributed by atoms with van der Waals surface area (Å²) in [7, 11) is 0. The number of hydrogen-bond donors (Lipinski definition) is 1. The van der Waals surface area contributed by atoms with E-state index in [1.165, 1.54) is 29.2 Å². The summed E-state index contributed by atoms with van der Waals surface area (Å²) in [5.41, 5.74) is -5.14. The van der Waals surface area contributed by atoms with Gasteiger partial charge >= 0.3 is 24.0 Å². The lowest BCUT2D eigenvalue weighted by atomic mass is 9.93. The molecule has 0 aliphatic carbocycles. The highest BCUT2D eigenvalue weighted by atomic mass is 19.4. The van der Waals surface area contributed by atoms with Crippen LogP contribution in [0.15, 0.2) is 42.6 Å². The lowest BCUT2D eigenvalue weighted by Gasteiger charge is -2.38. The first kappa shape index (κ1) is 26.6. The van der Waals surface area contributed by atoms with E-state index in [1.54, 1.807) is 17.9 Å². The number of rotatable bonds is 7. The normalized spacial score (nSPS) is 15.4. The predicted molar refractivity (Wildman–Crippen MR) is 115 cm³/mol. The minimum atomic E-state index is -5.84. The van der Waals surface area contributed by atoms with Crippen LogP contribution in [-0.4, -0.2) is 59.6 Å². The number of aromatic nitrogens is 1. The molecular weight excluding hydrogens is 480 g/mol. The third-order valence-electron chi connectivity index (χ3n) is 5.83. The number of halogens is 6. The average molecular weight is 505 g/mol. The minimum Gasteiger partial charge on any atom is -0.465 e. The topological polar surface area (TPSA) is 65.9 Å².